The molecule has 1 aliphatic rings. The molecule has 0 heterocycles. The van der Waals surface area contributed by atoms with Gasteiger partial charge in [-0.3, -0.25) is 0 Å². The maximum Gasteiger partial charge on any atom is 0.161 e. The van der Waals surface area contributed by atoms with Crippen molar-refractivity contribution in [3.05, 3.63) is 78.1 Å². The Bertz CT molecular complexity index is 825. The molecule has 27 heavy (non-hydrogen) atoms. The summed E-state index contributed by atoms with van der Waals surface area (Å²) in [5, 5.41) is 0. The first-order chi connectivity index (χ1) is 13.1. The number of halogens is 2. The van der Waals surface area contributed by atoms with E-state index >= 15 is 4.39 Å². The Balaban J connectivity index is 1.83. The molecule has 0 radical (unpaired) electrons. The maximum atomic E-state index is 15.5. The van der Waals surface area contributed by atoms with Gasteiger partial charge in [-0.05, 0) is 41.8 Å². The molecule has 1 aliphatic carbocycles. The highest BCUT2D eigenvalue weighted by Gasteiger charge is 2.33. The van der Waals surface area contributed by atoms with Crippen LogP contribution in [0.4, 0.5) is 8.78 Å². The van der Waals surface area contributed by atoms with E-state index in [-0.39, 0.29) is 6.42 Å². The van der Waals surface area contributed by atoms with E-state index in [2.05, 4.69) is 6.92 Å². The van der Waals surface area contributed by atoms with Gasteiger partial charge in [-0.25, -0.2) is 8.78 Å². The molecule has 142 valence electrons. The summed E-state index contributed by atoms with van der Waals surface area (Å²) in [6, 6.07) is 15.0. The molecular weight excluding hydrogens is 342 g/mol. The summed E-state index contributed by atoms with van der Waals surface area (Å²) in [5.41, 5.74) is 0.268. The highest BCUT2D eigenvalue weighted by Crippen LogP contribution is 2.41. The van der Waals surface area contributed by atoms with Crippen LogP contribution in [0.5, 0.6) is 5.75 Å². The number of hydrogen-bond donors (Lipinski definition) is 0. The summed E-state index contributed by atoms with van der Waals surface area (Å²) in [7, 11) is 0. The molecule has 3 heteroatoms. The summed E-state index contributed by atoms with van der Waals surface area (Å²) >= 11 is 0. The summed E-state index contributed by atoms with van der Waals surface area (Å²) in [6.07, 6.45) is 8.66. The lowest BCUT2D eigenvalue weighted by Gasteiger charge is -2.26. The standard InChI is InChI=1S/C24H26F2O/c1-2-3-4-7-16-27-21-12-8-10-19(17-21)22-13-5-6-14-23(22)24(26)15-9-11-20(25)18-24/h5-6,8-14,17-18H,2-4,7,15-16H2,1H3. The van der Waals surface area contributed by atoms with Gasteiger partial charge in [0.1, 0.15) is 11.6 Å². The molecule has 0 amide bonds. The van der Waals surface area contributed by atoms with Crippen molar-refractivity contribution >= 4 is 0 Å². The third-order valence-electron chi connectivity index (χ3n) is 4.85. The van der Waals surface area contributed by atoms with Crippen LogP contribution < -0.4 is 4.74 Å². The number of rotatable bonds is 8. The van der Waals surface area contributed by atoms with E-state index in [9.17, 15) is 4.39 Å². The van der Waals surface area contributed by atoms with E-state index in [1.807, 2.05) is 36.4 Å². The Morgan fingerprint density at radius 2 is 1.89 bits per heavy atom. The van der Waals surface area contributed by atoms with Gasteiger partial charge < -0.3 is 4.74 Å². The summed E-state index contributed by atoms with van der Waals surface area (Å²) in [5.74, 6) is 0.236. The van der Waals surface area contributed by atoms with Gasteiger partial charge in [0.05, 0.1) is 6.61 Å². The maximum absolute atomic E-state index is 15.5. The molecule has 0 spiro atoms. The molecule has 0 bridgehead atoms. The van der Waals surface area contributed by atoms with Crippen LogP contribution in [-0.4, -0.2) is 6.61 Å². The van der Waals surface area contributed by atoms with Crippen LogP contribution >= 0.6 is 0 Å². The smallest absolute Gasteiger partial charge is 0.161 e. The van der Waals surface area contributed by atoms with Gasteiger partial charge in [0, 0.05) is 12.0 Å². The largest absolute Gasteiger partial charge is 0.494 e. The SMILES string of the molecule is CCCCCCOc1cccc(-c2ccccc2C2(F)C=C(F)C=CC2)c1. The molecule has 0 N–H and O–H groups in total. The first-order valence-electron chi connectivity index (χ1n) is 9.69. The van der Waals surface area contributed by atoms with Crippen LogP contribution in [0.2, 0.25) is 0 Å². The van der Waals surface area contributed by atoms with Crippen molar-refractivity contribution in [2.45, 2.75) is 44.7 Å². The van der Waals surface area contributed by atoms with Crippen LogP contribution in [0.1, 0.15) is 44.6 Å². The van der Waals surface area contributed by atoms with Gasteiger partial charge in [-0.1, -0.05) is 68.7 Å². The third-order valence-corrected chi connectivity index (χ3v) is 4.85. The predicted octanol–water partition coefficient (Wildman–Crippen LogP) is 7.29. The zero-order chi connectivity index (χ0) is 19.1. The monoisotopic (exact) mass is 368 g/mol. The average molecular weight is 368 g/mol. The summed E-state index contributed by atoms with van der Waals surface area (Å²) in [6.45, 7) is 2.86. The molecule has 3 rings (SSSR count). The fourth-order valence-electron chi connectivity index (χ4n) is 3.43. The Kier molecular flexibility index (Phi) is 6.44. The van der Waals surface area contributed by atoms with Gasteiger partial charge >= 0.3 is 0 Å². The van der Waals surface area contributed by atoms with Gasteiger partial charge in [-0.2, -0.15) is 0 Å². The van der Waals surface area contributed by atoms with Crippen molar-refractivity contribution < 1.29 is 13.5 Å². The fraction of sp³-hybridized carbons (Fsp3) is 0.333. The minimum absolute atomic E-state index is 0.130. The normalized spacial score (nSPS) is 19.0. The lowest BCUT2D eigenvalue weighted by atomic mass is 9.84. The third kappa shape index (κ3) is 4.85. The Morgan fingerprint density at radius 1 is 1.04 bits per heavy atom. The van der Waals surface area contributed by atoms with Crippen molar-refractivity contribution in [2.24, 2.45) is 0 Å². The van der Waals surface area contributed by atoms with Crippen molar-refractivity contribution in [1.82, 2.24) is 0 Å². The minimum Gasteiger partial charge on any atom is -0.494 e. The second-order valence-electron chi connectivity index (χ2n) is 6.98. The average Bonchev–Trinajstić information content (AvgIpc) is 2.68. The van der Waals surface area contributed by atoms with E-state index in [1.165, 1.54) is 18.9 Å². The summed E-state index contributed by atoms with van der Waals surface area (Å²) in [4.78, 5) is 0. The lowest BCUT2D eigenvalue weighted by molar-refractivity contribution is 0.231. The molecule has 1 unspecified atom stereocenters. The number of alkyl halides is 1. The Labute approximate surface area is 160 Å². The van der Waals surface area contributed by atoms with Crippen LogP contribution in [-0.2, 0) is 5.67 Å². The molecular formula is C24H26F2O. The molecule has 0 saturated carbocycles. The zero-order valence-corrected chi connectivity index (χ0v) is 15.8. The lowest BCUT2D eigenvalue weighted by Crippen LogP contribution is -2.19. The summed E-state index contributed by atoms with van der Waals surface area (Å²) < 4.78 is 35.1. The van der Waals surface area contributed by atoms with E-state index in [4.69, 9.17) is 4.74 Å². The van der Waals surface area contributed by atoms with Crippen LogP contribution in [0, 0.1) is 0 Å². The van der Waals surface area contributed by atoms with Crippen molar-refractivity contribution in [3.8, 4) is 16.9 Å². The topological polar surface area (TPSA) is 9.23 Å². The minimum atomic E-state index is -1.84. The number of benzene rings is 2. The molecule has 2 aromatic rings. The molecule has 0 aromatic heterocycles. The van der Waals surface area contributed by atoms with E-state index in [0.717, 1.165) is 35.8 Å². The highest BCUT2D eigenvalue weighted by atomic mass is 19.1. The van der Waals surface area contributed by atoms with Crippen LogP contribution in [0.3, 0.4) is 0 Å². The first kappa shape index (κ1) is 19.3. The second kappa shape index (κ2) is 8.98. The first-order valence-corrected chi connectivity index (χ1v) is 9.69. The highest BCUT2D eigenvalue weighted by molar-refractivity contribution is 5.70. The van der Waals surface area contributed by atoms with E-state index in [1.54, 1.807) is 18.2 Å². The van der Waals surface area contributed by atoms with E-state index in [0.29, 0.717) is 12.2 Å². The Hall–Kier alpha value is -2.42. The predicted molar refractivity (Wildman–Crippen MR) is 107 cm³/mol. The van der Waals surface area contributed by atoms with Gasteiger partial charge in [-0.15, -0.1) is 0 Å². The number of hydrogen-bond acceptors (Lipinski definition) is 1. The zero-order valence-electron chi connectivity index (χ0n) is 15.8. The van der Waals surface area contributed by atoms with Gasteiger partial charge in [0.2, 0.25) is 0 Å². The number of unbranched alkanes of at least 4 members (excludes halogenated alkanes) is 3. The number of allylic oxidation sites excluding steroid dienone is 4. The fourth-order valence-corrected chi connectivity index (χ4v) is 3.43. The van der Waals surface area contributed by atoms with Gasteiger partial charge in [0.25, 0.3) is 0 Å². The molecule has 2 aromatic carbocycles. The quantitative estimate of drug-likeness (QED) is 0.444. The van der Waals surface area contributed by atoms with Crippen molar-refractivity contribution in [1.29, 1.82) is 0 Å². The molecule has 1 atom stereocenters. The molecule has 1 nitrogen and oxygen atoms in total. The van der Waals surface area contributed by atoms with Crippen molar-refractivity contribution in [2.75, 3.05) is 6.61 Å². The molecule has 0 aliphatic heterocycles. The second-order valence-corrected chi connectivity index (χ2v) is 6.98. The van der Waals surface area contributed by atoms with Crippen molar-refractivity contribution in [3.63, 3.8) is 0 Å². The molecule has 0 fully saturated rings. The molecule has 0 saturated heterocycles. The van der Waals surface area contributed by atoms with E-state index < -0.39 is 11.5 Å². The number of ether oxygens (including phenoxy) is 1. The van der Waals surface area contributed by atoms with Crippen LogP contribution in [0.25, 0.3) is 11.1 Å². The van der Waals surface area contributed by atoms with Crippen LogP contribution in [0.15, 0.2) is 72.6 Å². The Morgan fingerprint density at radius 3 is 2.70 bits per heavy atom. The van der Waals surface area contributed by atoms with Gasteiger partial charge in [0.15, 0.2) is 5.67 Å².